The normalized spacial score (nSPS) is 16.5. The molecule has 1 aromatic rings. The number of amides is 1. The largest absolute Gasteiger partial charge is 0.393 e. The summed E-state index contributed by atoms with van der Waals surface area (Å²) in [6, 6.07) is 0. The number of unbranched alkanes of at least 4 members (excludes halogenated alkanes) is 1. The summed E-state index contributed by atoms with van der Waals surface area (Å²) in [6.07, 6.45) is 4.05. The first-order chi connectivity index (χ1) is 10.6. The summed E-state index contributed by atoms with van der Waals surface area (Å²) in [5, 5.41) is 13.4. The van der Waals surface area contributed by atoms with Gasteiger partial charge in [0.05, 0.1) is 19.2 Å². The molecule has 7 heteroatoms. The van der Waals surface area contributed by atoms with Crippen molar-refractivity contribution in [3.05, 3.63) is 11.7 Å². The van der Waals surface area contributed by atoms with E-state index in [9.17, 15) is 9.90 Å². The first-order valence-corrected chi connectivity index (χ1v) is 8.04. The second-order valence-corrected chi connectivity index (χ2v) is 5.99. The summed E-state index contributed by atoms with van der Waals surface area (Å²) in [4.78, 5) is 20.2. The van der Waals surface area contributed by atoms with Crippen LogP contribution in [0.15, 0.2) is 4.52 Å². The lowest BCUT2D eigenvalue weighted by molar-refractivity contribution is -0.134. The molecule has 0 spiro atoms. The Bertz CT molecular complexity index is 469. The van der Waals surface area contributed by atoms with Crippen LogP contribution in [-0.2, 0) is 17.8 Å². The zero-order chi connectivity index (χ0) is 15.9. The number of piperidine rings is 1. The second kappa shape index (κ2) is 8.24. The van der Waals surface area contributed by atoms with Gasteiger partial charge >= 0.3 is 0 Å². The average Bonchev–Trinajstić information content (AvgIpc) is 2.93. The Hall–Kier alpha value is -1.47. The molecule has 1 N–H and O–H groups in total. The number of nitrogens with zero attached hydrogens (tertiary/aromatic N) is 4. The zero-order valence-electron chi connectivity index (χ0n) is 13.5. The number of carbonyl (C=O) groups excluding carboxylic acids is 1. The minimum absolute atomic E-state index is 0.0834. The quantitative estimate of drug-likeness (QED) is 0.803. The molecule has 2 rings (SSSR count). The van der Waals surface area contributed by atoms with Crippen LogP contribution in [0.2, 0.25) is 0 Å². The number of carbonyl (C=O) groups is 1. The third-order valence-corrected chi connectivity index (χ3v) is 3.89. The number of aromatic nitrogens is 2. The second-order valence-electron chi connectivity index (χ2n) is 5.99. The number of rotatable bonds is 7. The van der Waals surface area contributed by atoms with Gasteiger partial charge in [0.25, 0.3) is 0 Å². The fourth-order valence-corrected chi connectivity index (χ4v) is 2.52. The van der Waals surface area contributed by atoms with E-state index in [-0.39, 0.29) is 12.0 Å². The average molecular weight is 310 g/mol. The number of aryl methyl sites for hydroxylation is 1. The molecule has 1 amide bonds. The van der Waals surface area contributed by atoms with Gasteiger partial charge in [0.1, 0.15) is 0 Å². The smallest absolute Gasteiger partial charge is 0.240 e. The van der Waals surface area contributed by atoms with Crippen molar-refractivity contribution < 1.29 is 14.4 Å². The van der Waals surface area contributed by atoms with Crippen LogP contribution in [0.3, 0.4) is 0 Å². The minimum atomic E-state index is -0.262. The molecule has 124 valence electrons. The van der Waals surface area contributed by atoms with Gasteiger partial charge in [0, 0.05) is 19.5 Å². The predicted molar refractivity (Wildman–Crippen MR) is 81.1 cm³/mol. The van der Waals surface area contributed by atoms with E-state index < -0.39 is 0 Å². The Labute approximate surface area is 131 Å². The van der Waals surface area contributed by atoms with Crippen LogP contribution in [0.25, 0.3) is 0 Å². The van der Waals surface area contributed by atoms with Gasteiger partial charge in [-0.2, -0.15) is 4.98 Å². The maximum atomic E-state index is 12.2. The Morgan fingerprint density at radius 1 is 1.45 bits per heavy atom. The van der Waals surface area contributed by atoms with Crippen LogP contribution in [0.1, 0.15) is 44.3 Å². The van der Waals surface area contributed by atoms with E-state index >= 15 is 0 Å². The van der Waals surface area contributed by atoms with Gasteiger partial charge in [-0.05, 0) is 26.3 Å². The summed E-state index contributed by atoms with van der Waals surface area (Å²) in [7, 11) is 1.87. The van der Waals surface area contributed by atoms with Crippen molar-refractivity contribution in [2.75, 3.05) is 26.7 Å². The Morgan fingerprint density at radius 3 is 2.86 bits per heavy atom. The van der Waals surface area contributed by atoms with E-state index in [1.807, 2.05) is 16.8 Å². The monoisotopic (exact) mass is 310 g/mol. The van der Waals surface area contributed by atoms with E-state index in [4.69, 9.17) is 4.52 Å². The molecule has 22 heavy (non-hydrogen) atoms. The summed E-state index contributed by atoms with van der Waals surface area (Å²) in [6.45, 7) is 4.19. The van der Waals surface area contributed by atoms with Crippen LogP contribution in [0.5, 0.6) is 0 Å². The van der Waals surface area contributed by atoms with E-state index in [2.05, 4.69) is 17.1 Å². The first kappa shape index (κ1) is 16.9. The van der Waals surface area contributed by atoms with Crippen molar-refractivity contribution in [1.82, 2.24) is 19.9 Å². The molecule has 0 radical (unpaired) electrons. The number of likely N-dealkylation sites (N-methyl/N-ethyl adjacent to an activating group) is 1. The van der Waals surface area contributed by atoms with Crippen LogP contribution < -0.4 is 0 Å². The minimum Gasteiger partial charge on any atom is -0.393 e. The van der Waals surface area contributed by atoms with Gasteiger partial charge in [0.2, 0.25) is 11.8 Å². The molecule has 1 fully saturated rings. The van der Waals surface area contributed by atoms with E-state index in [0.717, 1.165) is 25.1 Å². The Kier molecular flexibility index (Phi) is 6.33. The van der Waals surface area contributed by atoms with Crippen molar-refractivity contribution in [2.45, 2.75) is 51.7 Å². The topological polar surface area (TPSA) is 82.7 Å². The van der Waals surface area contributed by atoms with Crippen LogP contribution in [0.4, 0.5) is 0 Å². The summed E-state index contributed by atoms with van der Waals surface area (Å²) in [5.74, 6) is 1.37. The first-order valence-electron chi connectivity index (χ1n) is 8.04. The van der Waals surface area contributed by atoms with Crippen molar-refractivity contribution in [2.24, 2.45) is 0 Å². The van der Waals surface area contributed by atoms with E-state index in [0.29, 0.717) is 44.9 Å². The molecule has 0 aromatic carbocycles. The lowest BCUT2D eigenvalue weighted by Gasteiger charge is -2.30. The van der Waals surface area contributed by atoms with Crippen LogP contribution in [-0.4, -0.2) is 63.7 Å². The molecular formula is C15H26N4O3. The fraction of sp³-hybridized carbons (Fsp3) is 0.800. The molecule has 0 saturated carbocycles. The molecule has 0 atom stereocenters. The highest BCUT2D eigenvalue weighted by Crippen LogP contribution is 2.11. The van der Waals surface area contributed by atoms with Gasteiger partial charge < -0.3 is 14.5 Å². The molecule has 1 aliphatic heterocycles. The fourth-order valence-electron chi connectivity index (χ4n) is 2.52. The maximum Gasteiger partial charge on any atom is 0.240 e. The Balaban J connectivity index is 1.76. The number of hydrogen-bond donors (Lipinski definition) is 1. The molecule has 0 bridgehead atoms. The van der Waals surface area contributed by atoms with E-state index in [1.165, 1.54) is 0 Å². The standard InChI is InChI=1S/C15H26N4O3/c1-3-4-5-13-16-14(22-17-13)10-18(2)11-15(21)19-8-6-12(20)7-9-19/h12,20H,3-11H2,1-2H3. The van der Waals surface area contributed by atoms with Crippen molar-refractivity contribution in [3.8, 4) is 0 Å². The molecule has 2 heterocycles. The Morgan fingerprint density at radius 2 is 2.18 bits per heavy atom. The van der Waals surface area contributed by atoms with Crippen molar-refractivity contribution in [1.29, 1.82) is 0 Å². The van der Waals surface area contributed by atoms with Crippen molar-refractivity contribution in [3.63, 3.8) is 0 Å². The molecule has 7 nitrogen and oxygen atoms in total. The van der Waals surface area contributed by atoms with Crippen LogP contribution in [0, 0.1) is 0 Å². The van der Waals surface area contributed by atoms with E-state index in [1.54, 1.807) is 0 Å². The van der Waals surface area contributed by atoms with Gasteiger partial charge in [0.15, 0.2) is 5.82 Å². The SMILES string of the molecule is CCCCc1noc(CN(C)CC(=O)N2CCC(O)CC2)n1. The maximum absolute atomic E-state index is 12.2. The molecule has 0 unspecified atom stereocenters. The highest BCUT2D eigenvalue weighted by Gasteiger charge is 2.22. The lowest BCUT2D eigenvalue weighted by Crippen LogP contribution is -2.44. The number of hydrogen-bond acceptors (Lipinski definition) is 6. The molecule has 1 saturated heterocycles. The molecule has 1 aliphatic rings. The molecule has 1 aromatic heterocycles. The van der Waals surface area contributed by atoms with Crippen LogP contribution >= 0.6 is 0 Å². The number of likely N-dealkylation sites (tertiary alicyclic amines) is 1. The third-order valence-electron chi connectivity index (χ3n) is 3.89. The predicted octanol–water partition coefficient (Wildman–Crippen LogP) is 0.827. The van der Waals surface area contributed by atoms with Gasteiger partial charge in [-0.25, -0.2) is 0 Å². The summed E-state index contributed by atoms with van der Waals surface area (Å²) >= 11 is 0. The highest BCUT2D eigenvalue weighted by atomic mass is 16.5. The molecular weight excluding hydrogens is 284 g/mol. The number of aliphatic hydroxyl groups excluding tert-OH is 1. The van der Waals surface area contributed by atoms with Gasteiger partial charge in [-0.3, -0.25) is 9.69 Å². The lowest BCUT2D eigenvalue weighted by atomic mass is 10.1. The van der Waals surface area contributed by atoms with Gasteiger partial charge in [-0.15, -0.1) is 0 Å². The third kappa shape index (κ3) is 5.06. The number of aliphatic hydroxyl groups is 1. The molecule has 0 aliphatic carbocycles. The summed E-state index contributed by atoms with van der Waals surface area (Å²) in [5.41, 5.74) is 0. The summed E-state index contributed by atoms with van der Waals surface area (Å²) < 4.78 is 5.21. The highest BCUT2D eigenvalue weighted by molar-refractivity contribution is 5.78. The van der Waals surface area contributed by atoms with Gasteiger partial charge in [-0.1, -0.05) is 18.5 Å². The van der Waals surface area contributed by atoms with Crippen molar-refractivity contribution >= 4 is 5.91 Å². The zero-order valence-corrected chi connectivity index (χ0v) is 13.5.